The molecule has 1 saturated heterocycles. The van der Waals surface area contributed by atoms with Crippen molar-refractivity contribution in [3.63, 3.8) is 0 Å². The number of amides is 1. The Kier molecular flexibility index (Phi) is 9.94. The molecule has 32 heavy (non-hydrogen) atoms. The summed E-state index contributed by atoms with van der Waals surface area (Å²) >= 11 is 0. The van der Waals surface area contributed by atoms with E-state index < -0.39 is 0 Å². The Morgan fingerprint density at radius 3 is 2.56 bits per heavy atom. The molecule has 1 amide bonds. The largest absolute Gasteiger partial charge is 0.374 e. The van der Waals surface area contributed by atoms with Crippen molar-refractivity contribution in [3.05, 3.63) is 71.8 Å². The molecule has 2 N–H and O–H groups in total. The van der Waals surface area contributed by atoms with Crippen LogP contribution in [0.2, 0.25) is 0 Å². The minimum absolute atomic E-state index is 0. The Labute approximate surface area is 202 Å². The fourth-order valence-electron chi connectivity index (χ4n) is 4.01. The molecule has 1 aliphatic heterocycles. The van der Waals surface area contributed by atoms with E-state index in [2.05, 4.69) is 66.0 Å². The van der Waals surface area contributed by atoms with Gasteiger partial charge in [-0.05, 0) is 53.7 Å². The molecular formula is C25H31Cl2N3O2. The molecule has 1 fully saturated rings. The van der Waals surface area contributed by atoms with Crippen LogP contribution in [0, 0.1) is 0 Å². The zero-order valence-corrected chi connectivity index (χ0v) is 20.1. The van der Waals surface area contributed by atoms with Crippen molar-refractivity contribution in [1.29, 1.82) is 0 Å². The van der Waals surface area contributed by atoms with Gasteiger partial charge in [0.1, 0.15) is 0 Å². The molecule has 0 spiro atoms. The summed E-state index contributed by atoms with van der Waals surface area (Å²) in [5.74, 6) is -0.0618. The van der Waals surface area contributed by atoms with Gasteiger partial charge in [-0.2, -0.15) is 0 Å². The lowest BCUT2D eigenvalue weighted by Crippen LogP contribution is -2.45. The van der Waals surface area contributed by atoms with Crippen LogP contribution in [-0.2, 0) is 11.3 Å². The molecule has 7 heteroatoms. The molecule has 0 bridgehead atoms. The van der Waals surface area contributed by atoms with Crippen LogP contribution in [0.3, 0.4) is 0 Å². The molecule has 1 heterocycles. The molecule has 1 atom stereocenters. The summed E-state index contributed by atoms with van der Waals surface area (Å²) < 4.78 is 5.69. The van der Waals surface area contributed by atoms with Gasteiger partial charge < -0.3 is 20.3 Å². The van der Waals surface area contributed by atoms with Gasteiger partial charge in [-0.25, -0.2) is 0 Å². The topological polar surface area (TPSA) is 53.6 Å². The number of hydrogen-bond acceptors (Lipinski definition) is 4. The van der Waals surface area contributed by atoms with Crippen LogP contribution in [0.25, 0.3) is 21.9 Å². The fourth-order valence-corrected chi connectivity index (χ4v) is 4.01. The number of halogens is 2. The third-order valence-corrected chi connectivity index (χ3v) is 5.40. The van der Waals surface area contributed by atoms with E-state index in [4.69, 9.17) is 4.74 Å². The number of rotatable bonds is 6. The third-order valence-electron chi connectivity index (χ3n) is 5.40. The monoisotopic (exact) mass is 475 g/mol. The first-order chi connectivity index (χ1) is 14.6. The molecule has 0 saturated carbocycles. The average molecular weight is 476 g/mol. The second-order valence-corrected chi connectivity index (χ2v) is 8.05. The van der Waals surface area contributed by atoms with Crippen molar-refractivity contribution >= 4 is 41.5 Å². The first-order valence-electron chi connectivity index (χ1n) is 10.5. The van der Waals surface area contributed by atoms with Gasteiger partial charge in [0, 0.05) is 31.7 Å². The summed E-state index contributed by atoms with van der Waals surface area (Å²) in [4.78, 5) is 15.1. The van der Waals surface area contributed by atoms with E-state index in [0.29, 0.717) is 18.7 Å². The highest BCUT2D eigenvalue weighted by molar-refractivity contribution is 6.10. The normalized spacial score (nSPS) is 15.7. The molecule has 0 radical (unpaired) electrons. The van der Waals surface area contributed by atoms with E-state index in [9.17, 15) is 4.79 Å². The zero-order chi connectivity index (χ0) is 20.9. The van der Waals surface area contributed by atoms with Crippen molar-refractivity contribution in [2.45, 2.75) is 12.6 Å². The van der Waals surface area contributed by atoms with E-state index >= 15 is 0 Å². The van der Waals surface area contributed by atoms with Gasteiger partial charge in [-0.1, -0.05) is 48.5 Å². The average Bonchev–Trinajstić information content (AvgIpc) is 2.77. The first-order valence-corrected chi connectivity index (χ1v) is 10.5. The Morgan fingerprint density at radius 1 is 1.06 bits per heavy atom. The van der Waals surface area contributed by atoms with Crippen LogP contribution in [0.1, 0.15) is 15.9 Å². The molecule has 3 aromatic carbocycles. The van der Waals surface area contributed by atoms with Crippen LogP contribution in [0.5, 0.6) is 0 Å². The van der Waals surface area contributed by atoms with Gasteiger partial charge in [-0.15, -0.1) is 24.8 Å². The van der Waals surface area contributed by atoms with Gasteiger partial charge in [0.2, 0.25) is 0 Å². The fraction of sp³-hybridized carbons (Fsp3) is 0.320. The van der Waals surface area contributed by atoms with Crippen LogP contribution in [0.4, 0.5) is 0 Å². The second kappa shape index (κ2) is 12.2. The maximum atomic E-state index is 12.9. The van der Waals surface area contributed by atoms with E-state index in [1.165, 1.54) is 11.1 Å². The zero-order valence-electron chi connectivity index (χ0n) is 18.5. The number of hydrogen-bond donors (Lipinski definition) is 2. The Hall–Kier alpha value is -2.15. The van der Waals surface area contributed by atoms with Crippen molar-refractivity contribution in [2.75, 3.05) is 40.3 Å². The summed E-state index contributed by atoms with van der Waals surface area (Å²) in [5.41, 5.74) is 4.27. The van der Waals surface area contributed by atoms with E-state index in [1.54, 1.807) is 0 Å². The summed E-state index contributed by atoms with van der Waals surface area (Å²) in [6.07, 6.45) is 0.0210. The number of fused-ring (bicyclic) bond motifs is 1. The van der Waals surface area contributed by atoms with Crippen molar-refractivity contribution in [1.82, 2.24) is 15.5 Å². The van der Waals surface area contributed by atoms with Crippen LogP contribution >= 0.6 is 24.8 Å². The predicted molar refractivity (Wildman–Crippen MR) is 136 cm³/mol. The quantitative estimate of drug-likeness (QED) is 0.562. The SMILES string of the molecule is CN(C)Cc1cccc(-c2cccc3c(C(=O)NCC4CNCCO4)cccc23)c1.Cl.Cl. The Morgan fingerprint density at radius 2 is 1.81 bits per heavy atom. The van der Waals surface area contributed by atoms with Crippen LogP contribution < -0.4 is 10.6 Å². The highest BCUT2D eigenvalue weighted by Gasteiger charge is 2.17. The molecule has 0 aromatic heterocycles. The molecule has 1 unspecified atom stereocenters. The summed E-state index contributed by atoms with van der Waals surface area (Å²) in [6.45, 7) is 3.72. The first kappa shape index (κ1) is 26.1. The van der Waals surface area contributed by atoms with Gasteiger partial charge >= 0.3 is 0 Å². The molecular weight excluding hydrogens is 445 g/mol. The maximum absolute atomic E-state index is 12.9. The molecule has 1 aliphatic rings. The minimum Gasteiger partial charge on any atom is -0.374 e. The van der Waals surface area contributed by atoms with Crippen molar-refractivity contribution < 1.29 is 9.53 Å². The van der Waals surface area contributed by atoms with E-state index in [0.717, 1.165) is 36.0 Å². The van der Waals surface area contributed by atoms with Crippen molar-refractivity contribution in [3.8, 4) is 11.1 Å². The van der Waals surface area contributed by atoms with E-state index in [-0.39, 0.29) is 36.8 Å². The Bertz CT molecular complexity index is 1040. The van der Waals surface area contributed by atoms with E-state index in [1.807, 2.05) is 24.3 Å². The Balaban J connectivity index is 0.00000181. The molecule has 5 nitrogen and oxygen atoms in total. The van der Waals surface area contributed by atoms with Gasteiger partial charge in [0.15, 0.2) is 0 Å². The van der Waals surface area contributed by atoms with Gasteiger partial charge in [0.05, 0.1) is 12.7 Å². The number of carbonyl (C=O) groups excluding carboxylic acids is 1. The molecule has 0 aliphatic carbocycles. The number of morpholine rings is 1. The number of ether oxygens (including phenoxy) is 1. The maximum Gasteiger partial charge on any atom is 0.252 e. The highest BCUT2D eigenvalue weighted by Crippen LogP contribution is 2.31. The third kappa shape index (κ3) is 6.21. The number of nitrogens with zero attached hydrogens (tertiary/aromatic N) is 1. The standard InChI is InChI=1S/C25H29N3O2.2ClH/c1-28(2)17-18-6-3-7-19(14-18)21-8-4-10-23-22(21)9-5-11-24(23)25(29)27-16-20-15-26-12-13-30-20;;/h3-11,14,20,26H,12-13,15-17H2,1-2H3,(H,27,29);2*1H. The molecule has 172 valence electrons. The highest BCUT2D eigenvalue weighted by atomic mass is 35.5. The van der Waals surface area contributed by atoms with Gasteiger partial charge in [0.25, 0.3) is 5.91 Å². The number of carbonyl (C=O) groups is 1. The lowest BCUT2D eigenvalue weighted by atomic mass is 9.94. The smallest absolute Gasteiger partial charge is 0.252 e. The van der Waals surface area contributed by atoms with Crippen LogP contribution in [-0.4, -0.2) is 57.2 Å². The lowest BCUT2D eigenvalue weighted by Gasteiger charge is -2.23. The minimum atomic E-state index is -0.0618. The van der Waals surface area contributed by atoms with Crippen molar-refractivity contribution in [2.24, 2.45) is 0 Å². The summed E-state index contributed by atoms with van der Waals surface area (Å²) in [7, 11) is 4.15. The second-order valence-electron chi connectivity index (χ2n) is 8.05. The summed E-state index contributed by atoms with van der Waals surface area (Å²) in [5, 5.41) is 8.38. The molecule has 3 aromatic rings. The number of nitrogens with one attached hydrogen (secondary N) is 2. The van der Waals surface area contributed by atoms with Gasteiger partial charge in [-0.3, -0.25) is 4.79 Å². The molecule has 4 rings (SSSR count). The van der Waals surface area contributed by atoms with Crippen LogP contribution in [0.15, 0.2) is 60.7 Å². The lowest BCUT2D eigenvalue weighted by molar-refractivity contribution is 0.0287. The number of benzene rings is 3. The summed E-state index contributed by atoms with van der Waals surface area (Å²) in [6, 6.07) is 20.7. The predicted octanol–water partition coefficient (Wildman–Crippen LogP) is 4.13.